The van der Waals surface area contributed by atoms with Crippen molar-refractivity contribution in [3.05, 3.63) is 12.2 Å². The van der Waals surface area contributed by atoms with E-state index < -0.39 is 11.8 Å². The van der Waals surface area contributed by atoms with Crippen molar-refractivity contribution in [3.8, 4) is 0 Å². The minimum Gasteiger partial charge on any atom is -0.438 e. The van der Waals surface area contributed by atoms with E-state index in [4.69, 9.17) is 9.47 Å². The van der Waals surface area contributed by atoms with Crippen LogP contribution in [-0.4, -0.2) is 18.9 Å². The zero-order chi connectivity index (χ0) is 16.3. The van der Waals surface area contributed by atoms with Crippen molar-refractivity contribution in [1.82, 2.24) is 0 Å². The molecule has 0 spiro atoms. The molecule has 1 saturated carbocycles. The maximum absolute atomic E-state index is 11.8. The Kier molecular flexibility index (Phi) is 5.89. The minimum absolute atomic E-state index is 0.0642. The monoisotopic (exact) mass is 296 g/mol. The Morgan fingerprint density at radius 1 is 1.29 bits per heavy atom. The van der Waals surface area contributed by atoms with Crippen LogP contribution in [0.3, 0.4) is 0 Å². The van der Waals surface area contributed by atoms with Gasteiger partial charge in [0, 0.05) is 5.92 Å². The lowest BCUT2D eigenvalue weighted by molar-refractivity contribution is -0.0755. The zero-order valence-corrected chi connectivity index (χ0v) is 14.7. The van der Waals surface area contributed by atoms with Crippen molar-refractivity contribution in [3.63, 3.8) is 0 Å². The molecule has 0 radical (unpaired) electrons. The maximum Gasteiger partial charge on any atom is 0.508 e. The largest absolute Gasteiger partial charge is 0.508 e. The number of ether oxygens (including phenoxy) is 2. The first-order valence-corrected chi connectivity index (χ1v) is 8.07. The number of methoxy groups -OCH3 is 1. The fraction of sp³-hybridized carbons (Fsp3) is 0.833. The minimum atomic E-state index is -0.576. The van der Waals surface area contributed by atoms with E-state index in [-0.39, 0.29) is 5.41 Å². The molecule has 0 N–H and O–H groups in total. The molecular weight excluding hydrogens is 264 g/mol. The highest BCUT2D eigenvalue weighted by atomic mass is 16.7. The van der Waals surface area contributed by atoms with Gasteiger partial charge in [0.15, 0.2) is 0 Å². The lowest BCUT2D eigenvalue weighted by atomic mass is 9.66. The van der Waals surface area contributed by atoms with Gasteiger partial charge in [0.25, 0.3) is 0 Å². The molecule has 21 heavy (non-hydrogen) atoms. The van der Waals surface area contributed by atoms with Gasteiger partial charge in [-0.15, -0.1) is 0 Å². The Hall–Kier alpha value is -0.990. The van der Waals surface area contributed by atoms with Crippen LogP contribution in [0.25, 0.3) is 0 Å². The molecule has 0 bridgehead atoms. The quantitative estimate of drug-likeness (QED) is 0.530. The number of hydrogen-bond acceptors (Lipinski definition) is 3. The summed E-state index contributed by atoms with van der Waals surface area (Å²) < 4.78 is 10.6. The van der Waals surface area contributed by atoms with E-state index in [0.717, 1.165) is 12.8 Å². The normalized spacial score (nSPS) is 30.7. The molecule has 0 heterocycles. The van der Waals surface area contributed by atoms with Crippen molar-refractivity contribution < 1.29 is 14.3 Å². The highest BCUT2D eigenvalue weighted by Gasteiger charge is 2.46. The summed E-state index contributed by atoms with van der Waals surface area (Å²) in [5.74, 6) is 1.35. The molecule has 122 valence electrons. The molecule has 0 saturated heterocycles. The molecule has 1 fully saturated rings. The third kappa shape index (κ3) is 5.05. The van der Waals surface area contributed by atoms with E-state index in [1.54, 1.807) is 0 Å². The van der Waals surface area contributed by atoms with Crippen molar-refractivity contribution in [2.75, 3.05) is 7.11 Å². The fourth-order valence-electron chi connectivity index (χ4n) is 3.33. The molecular formula is C18H32O3. The molecule has 3 nitrogen and oxygen atoms in total. The molecule has 0 aromatic heterocycles. The van der Waals surface area contributed by atoms with Crippen LogP contribution < -0.4 is 0 Å². The Morgan fingerprint density at radius 2 is 1.90 bits per heavy atom. The van der Waals surface area contributed by atoms with Crippen molar-refractivity contribution in [2.45, 2.75) is 66.4 Å². The SMILES string of the molecule is COC(=O)O[C@@]1(/C=C/C(C)(C)C)C[C@H](C)CC[C@H]1C(C)C. The zero-order valence-electron chi connectivity index (χ0n) is 14.7. The van der Waals surface area contributed by atoms with Crippen LogP contribution in [0.2, 0.25) is 0 Å². The van der Waals surface area contributed by atoms with Crippen LogP contribution in [0.5, 0.6) is 0 Å². The van der Waals surface area contributed by atoms with Gasteiger partial charge in [-0.25, -0.2) is 4.79 Å². The molecule has 0 aromatic carbocycles. The first kappa shape index (κ1) is 18.1. The molecule has 3 atom stereocenters. The highest BCUT2D eigenvalue weighted by Crippen LogP contribution is 2.45. The van der Waals surface area contributed by atoms with E-state index in [0.29, 0.717) is 17.8 Å². The summed E-state index contributed by atoms with van der Waals surface area (Å²) in [4.78, 5) is 11.8. The number of rotatable bonds is 3. The summed E-state index contributed by atoms with van der Waals surface area (Å²) in [6, 6.07) is 0. The second-order valence-corrected chi connectivity index (χ2v) is 7.95. The van der Waals surface area contributed by atoms with Gasteiger partial charge < -0.3 is 9.47 Å². The van der Waals surface area contributed by atoms with Gasteiger partial charge in [0.1, 0.15) is 5.60 Å². The highest BCUT2D eigenvalue weighted by molar-refractivity contribution is 5.60. The summed E-state index contributed by atoms with van der Waals surface area (Å²) in [6.07, 6.45) is 6.88. The van der Waals surface area contributed by atoms with Crippen molar-refractivity contribution >= 4 is 6.16 Å². The average Bonchev–Trinajstić information content (AvgIpc) is 2.35. The first-order chi connectivity index (χ1) is 9.59. The molecule has 0 unspecified atom stereocenters. The molecule has 1 aliphatic carbocycles. The van der Waals surface area contributed by atoms with Gasteiger partial charge in [-0.05, 0) is 36.2 Å². The van der Waals surface area contributed by atoms with E-state index in [1.165, 1.54) is 13.5 Å². The number of hydrogen-bond donors (Lipinski definition) is 0. The standard InChI is InChI=1S/C18H32O3/c1-13(2)15-9-8-14(3)12-18(15,21-16(19)20-7)11-10-17(4,5)6/h10-11,13-15H,8-9,12H2,1-7H3/b11-10+/t14-,15+,18+/m1/s1. The van der Waals surface area contributed by atoms with Gasteiger partial charge in [0.2, 0.25) is 0 Å². The Balaban J connectivity index is 3.18. The third-order valence-electron chi connectivity index (χ3n) is 4.38. The molecule has 0 amide bonds. The van der Waals surface area contributed by atoms with Crippen LogP contribution in [0.1, 0.15) is 60.8 Å². The third-order valence-corrected chi connectivity index (χ3v) is 4.38. The van der Waals surface area contributed by atoms with Gasteiger partial charge in [-0.3, -0.25) is 0 Å². The topological polar surface area (TPSA) is 35.5 Å². The summed E-state index contributed by atoms with van der Waals surface area (Å²) in [5.41, 5.74) is -0.471. The van der Waals surface area contributed by atoms with Gasteiger partial charge in [-0.1, -0.05) is 54.0 Å². The smallest absolute Gasteiger partial charge is 0.438 e. The Bertz CT molecular complexity index is 378. The van der Waals surface area contributed by atoms with E-state index in [1.807, 2.05) is 0 Å². The van der Waals surface area contributed by atoms with Gasteiger partial charge in [0.05, 0.1) is 7.11 Å². The molecule has 0 aliphatic heterocycles. The first-order valence-electron chi connectivity index (χ1n) is 8.07. The number of carbonyl (C=O) groups excluding carboxylic acids is 1. The van der Waals surface area contributed by atoms with E-state index in [9.17, 15) is 4.79 Å². The van der Waals surface area contributed by atoms with Crippen molar-refractivity contribution in [2.24, 2.45) is 23.2 Å². The number of allylic oxidation sites excluding steroid dienone is 1. The van der Waals surface area contributed by atoms with E-state index in [2.05, 4.69) is 53.7 Å². The molecule has 1 aliphatic rings. The maximum atomic E-state index is 11.8. The lowest BCUT2D eigenvalue weighted by Crippen LogP contribution is -2.47. The summed E-state index contributed by atoms with van der Waals surface area (Å²) in [6.45, 7) is 13.1. The fourth-order valence-corrected chi connectivity index (χ4v) is 3.33. The second-order valence-electron chi connectivity index (χ2n) is 7.95. The van der Waals surface area contributed by atoms with Crippen LogP contribution in [-0.2, 0) is 9.47 Å². The number of carbonyl (C=O) groups is 1. The van der Waals surface area contributed by atoms with Gasteiger partial charge in [-0.2, -0.15) is 0 Å². The predicted octanol–water partition coefficient (Wildman–Crippen LogP) is 5.20. The average molecular weight is 296 g/mol. The van der Waals surface area contributed by atoms with Crippen LogP contribution in [0.4, 0.5) is 4.79 Å². The Labute approximate surface area is 130 Å². The van der Waals surface area contributed by atoms with E-state index >= 15 is 0 Å². The molecule has 3 heteroatoms. The second kappa shape index (κ2) is 6.85. The van der Waals surface area contributed by atoms with Gasteiger partial charge >= 0.3 is 6.16 Å². The van der Waals surface area contributed by atoms with Crippen LogP contribution >= 0.6 is 0 Å². The molecule has 0 aromatic rings. The van der Waals surface area contributed by atoms with Crippen molar-refractivity contribution in [1.29, 1.82) is 0 Å². The summed E-state index contributed by atoms with van der Waals surface area (Å²) in [7, 11) is 1.38. The predicted molar refractivity (Wildman–Crippen MR) is 86.2 cm³/mol. The van der Waals surface area contributed by atoms with Crippen LogP contribution in [0, 0.1) is 23.2 Å². The summed E-state index contributed by atoms with van der Waals surface area (Å²) in [5, 5.41) is 0. The van der Waals surface area contributed by atoms with Crippen LogP contribution in [0.15, 0.2) is 12.2 Å². The lowest BCUT2D eigenvalue weighted by Gasteiger charge is -2.45. The molecule has 1 rings (SSSR count). The summed E-state index contributed by atoms with van der Waals surface area (Å²) >= 11 is 0. The Morgan fingerprint density at radius 3 is 2.38 bits per heavy atom.